The van der Waals surface area contributed by atoms with E-state index in [2.05, 4.69) is 34.7 Å². The maximum absolute atomic E-state index is 12.5. The summed E-state index contributed by atoms with van der Waals surface area (Å²) in [5.41, 5.74) is 3.91. The van der Waals surface area contributed by atoms with Gasteiger partial charge < -0.3 is 10.6 Å². The monoisotopic (exact) mass is 333 g/mol. The van der Waals surface area contributed by atoms with E-state index in [4.69, 9.17) is 0 Å². The van der Waals surface area contributed by atoms with Crippen molar-refractivity contribution >= 4 is 28.2 Å². The molecule has 1 atom stereocenters. The van der Waals surface area contributed by atoms with E-state index < -0.39 is 0 Å². The quantitative estimate of drug-likeness (QED) is 0.692. The normalized spacial score (nSPS) is 11.9. The third kappa shape index (κ3) is 4.15. The Balaban J connectivity index is 1.68. The van der Waals surface area contributed by atoms with Crippen molar-refractivity contribution in [2.24, 2.45) is 0 Å². The number of aromatic nitrogens is 1. The molecule has 0 aliphatic rings. The van der Waals surface area contributed by atoms with Gasteiger partial charge in [0.05, 0.1) is 11.2 Å². The summed E-state index contributed by atoms with van der Waals surface area (Å²) in [6, 6.07) is 17.5. The lowest BCUT2D eigenvalue weighted by molar-refractivity contribution is -0.116. The number of hydrogen-bond donors (Lipinski definition) is 2. The van der Waals surface area contributed by atoms with Crippen LogP contribution in [0.1, 0.15) is 25.8 Å². The number of amides is 1. The summed E-state index contributed by atoms with van der Waals surface area (Å²) < 4.78 is 0. The fourth-order valence-corrected chi connectivity index (χ4v) is 2.83. The maximum atomic E-state index is 12.5. The first-order valence-corrected chi connectivity index (χ1v) is 8.67. The fourth-order valence-electron chi connectivity index (χ4n) is 2.83. The van der Waals surface area contributed by atoms with E-state index in [0.29, 0.717) is 0 Å². The molecule has 128 valence electrons. The van der Waals surface area contributed by atoms with Crippen molar-refractivity contribution in [1.29, 1.82) is 0 Å². The molecule has 0 bridgehead atoms. The van der Waals surface area contributed by atoms with Gasteiger partial charge in [-0.25, -0.2) is 0 Å². The molecule has 3 rings (SSSR count). The summed E-state index contributed by atoms with van der Waals surface area (Å²) >= 11 is 0. The number of carbonyl (C=O) groups excluding carboxylic acids is 1. The highest BCUT2D eigenvalue weighted by Gasteiger charge is 2.14. The zero-order valence-corrected chi connectivity index (χ0v) is 14.6. The molecular formula is C21H23N3O. The molecule has 25 heavy (non-hydrogen) atoms. The maximum Gasteiger partial charge on any atom is 0.246 e. The van der Waals surface area contributed by atoms with Gasteiger partial charge >= 0.3 is 0 Å². The number of aryl methyl sites for hydroxylation is 1. The van der Waals surface area contributed by atoms with E-state index in [9.17, 15) is 4.79 Å². The van der Waals surface area contributed by atoms with Crippen LogP contribution in [0.3, 0.4) is 0 Å². The predicted octanol–water partition coefficient (Wildman–Crippen LogP) is 4.63. The average molecular weight is 333 g/mol. The Morgan fingerprint density at radius 2 is 1.88 bits per heavy atom. The summed E-state index contributed by atoms with van der Waals surface area (Å²) in [5.74, 6) is -0.0750. The summed E-state index contributed by atoms with van der Waals surface area (Å²) in [6.07, 6.45) is 3.96. The number of anilines is 2. The van der Waals surface area contributed by atoms with Crippen LogP contribution in [0.25, 0.3) is 10.9 Å². The van der Waals surface area contributed by atoms with Crippen LogP contribution in [0.2, 0.25) is 0 Å². The first kappa shape index (κ1) is 17.0. The second kappa shape index (κ2) is 7.79. The molecule has 2 aromatic carbocycles. The number of rotatable bonds is 6. The first-order valence-electron chi connectivity index (χ1n) is 8.67. The van der Waals surface area contributed by atoms with E-state index in [1.54, 1.807) is 6.20 Å². The Labute approximate surface area is 148 Å². The van der Waals surface area contributed by atoms with Gasteiger partial charge in [-0.2, -0.15) is 0 Å². The zero-order valence-electron chi connectivity index (χ0n) is 14.6. The molecule has 4 heteroatoms. The topological polar surface area (TPSA) is 54.0 Å². The Kier molecular flexibility index (Phi) is 5.29. The van der Waals surface area contributed by atoms with E-state index in [1.165, 1.54) is 5.56 Å². The number of benzene rings is 2. The van der Waals surface area contributed by atoms with Gasteiger partial charge in [-0.1, -0.05) is 31.5 Å². The van der Waals surface area contributed by atoms with Gasteiger partial charge in [0.1, 0.15) is 6.04 Å². The van der Waals surface area contributed by atoms with Gasteiger partial charge in [-0.15, -0.1) is 0 Å². The van der Waals surface area contributed by atoms with Crippen molar-refractivity contribution in [1.82, 2.24) is 4.98 Å². The van der Waals surface area contributed by atoms with Crippen molar-refractivity contribution in [3.05, 3.63) is 66.4 Å². The Morgan fingerprint density at radius 1 is 1.08 bits per heavy atom. The van der Waals surface area contributed by atoms with Gasteiger partial charge in [0.15, 0.2) is 0 Å². The number of nitrogens with one attached hydrogen (secondary N) is 2. The SMILES string of the molecule is CCCc1ccc(NC(C)C(=O)Nc2cccc3ncccc23)cc1. The van der Waals surface area contributed by atoms with E-state index in [-0.39, 0.29) is 11.9 Å². The van der Waals surface area contributed by atoms with Crippen molar-refractivity contribution in [3.8, 4) is 0 Å². The minimum absolute atomic E-state index is 0.0750. The van der Waals surface area contributed by atoms with Gasteiger partial charge in [-0.05, 0) is 55.3 Å². The number of fused-ring (bicyclic) bond motifs is 1. The summed E-state index contributed by atoms with van der Waals surface area (Å²) in [4.78, 5) is 16.9. The highest BCUT2D eigenvalue weighted by atomic mass is 16.2. The molecule has 0 radical (unpaired) electrons. The minimum atomic E-state index is -0.344. The van der Waals surface area contributed by atoms with Crippen LogP contribution in [0.5, 0.6) is 0 Å². The Morgan fingerprint density at radius 3 is 2.64 bits per heavy atom. The average Bonchev–Trinajstić information content (AvgIpc) is 2.64. The summed E-state index contributed by atoms with van der Waals surface area (Å²) in [5, 5.41) is 7.19. The van der Waals surface area contributed by atoms with Crippen molar-refractivity contribution in [3.63, 3.8) is 0 Å². The third-order valence-corrected chi connectivity index (χ3v) is 4.17. The number of nitrogens with zero attached hydrogens (tertiary/aromatic N) is 1. The lowest BCUT2D eigenvalue weighted by atomic mass is 10.1. The summed E-state index contributed by atoms with van der Waals surface area (Å²) in [7, 11) is 0. The lowest BCUT2D eigenvalue weighted by Crippen LogP contribution is -2.31. The van der Waals surface area contributed by atoms with Crippen LogP contribution in [-0.2, 0) is 11.2 Å². The second-order valence-electron chi connectivity index (χ2n) is 6.18. The fraction of sp³-hybridized carbons (Fsp3) is 0.238. The Bertz CT molecular complexity index is 853. The molecule has 0 aliphatic heterocycles. The van der Waals surface area contributed by atoms with Gasteiger partial charge in [-0.3, -0.25) is 9.78 Å². The smallest absolute Gasteiger partial charge is 0.246 e. The van der Waals surface area contributed by atoms with Crippen molar-refractivity contribution in [2.75, 3.05) is 10.6 Å². The first-order chi connectivity index (χ1) is 12.2. The molecule has 2 N–H and O–H groups in total. The van der Waals surface area contributed by atoms with Crippen LogP contribution in [0.4, 0.5) is 11.4 Å². The zero-order chi connectivity index (χ0) is 17.6. The van der Waals surface area contributed by atoms with E-state index in [0.717, 1.165) is 35.1 Å². The molecule has 4 nitrogen and oxygen atoms in total. The molecule has 0 spiro atoms. The Hall–Kier alpha value is -2.88. The predicted molar refractivity (Wildman–Crippen MR) is 104 cm³/mol. The van der Waals surface area contributed by atoms with E-state index in [1.807, 2.05) is 49.4 Å². The highest BCUT2D eigenvalue weighted by Crippen LogP contribution is 2.21. The summed E-state index contributed by atoms with van der Waals surface area (Å²) in [6.45, 7) is 4.03. The molecular weight excluding hydrogens is 310 g/mol. The van der Waals surface area contributed by atoms with Crippen molar-refractivity contribution < 1.29 is 4.79 Å². The molecule has 1 amide bonds. The van der Waals surface area contributed by atoms with Gasteiger partial charge in [0.2, 0.25) is 5.91 Å². The molecule has 1 aromatic heterocycles. The van der Waals surface area contributed by atoms with Gasteiger partial charge in [0.25, 0.3) is 0 Å². The largest absolute Gasteiger partial charge is 0.374 e. The lowest BCUT2D eigenvalue weighted by Gasteiger charge is -2.16. The molecule has 1 heterocycles. The minimum Gasteiger partial charge on any atom is -0.374 e. The molecule has 0 saturated heterocycles. The van der Waals surface area contributed by atoms with E-state index >= 15 is 0 Å². The third-order valence-electron chi connectivity index (χ3n) is 4.17. The number of carbonyl (C=O) groups is 1. The van der Waals surface area contributed by atoms with Crippen LogP contribution in [-0.4, -0.2) is 16.9 Å². The van der Waals surface area contributed by atoms with Gasteiger partial charge in [0, 0.05) is 17.3 Å². The number of pyridine rings is 1. The van der Waals surface area contributed by atoms with Crippen LogP contribution in [0.15, 0.2) is 60.8 Å². The highest BCUT2D eigenvalue weighted by molar-refractivity contribution is 6.03. The molecule has 0 saturated carbocycles. The molecule has 0 fully saturated rings. The van der Waals surface area contributed by atoms with Crippen molar-refractivity contribution in [2.45, 2.75) is 32.7 Å². The number of hydrogen-bond acceptors (Lipinski definition) is 3. The van der Waals surface area contributed by atoms with Crippen LogP contribution in [0, 0.1) is 0 Å². The van der Waals surface area contributed by atoms with Crippen LogP contribution >= 0.6 is 0 Å². The molecule has 0 aliphatic carbocycles. The second-order valence-corrected chi connectivity index (χ2v) is 6.18. The molecule has 1 unspecified atom stereocenters. The standard InChI is InChI=1S/C21H23N3O/c1-3-6-16-10-12-17(13-11-16)23-15(2)21(25)24-20-9-4-8-19-18(20)7-5-14-22-19/h4-5,7-15,23H,3,6H2,1-2H3,(H,24,25). The van der Waals surface area contributed by atoms with Crippen LogP contribution < -0.4 is 10.6 Å². The molecule has 3 aromatic rings.